The lowest BCUT2D eigenvalue weighted by atomic mass is 10.1. The highest BCUT2D eigenvalue weighted by atomic mass is 79.9. The average molecular weight is 480 g/mol. The molecule has 7 nitrogen and oxygen atoms in total. The number of carbonyl (C=O) groups excluding carboxylic acids is 2. The maximum atomic E-state index is 12.5. The normalized spacial score (nSPS) is 10.2. The van der Waals surface area contributed by atoms with Crippen molar-refractivity contribution < 1.29 is 19.1 Å². The number of halogens is 1. The van der Waals surface area contributed by atoms with Gasteiger partial charge in [-0.1, -0.05) is 34.1 Å². The molecule has 0 heterocycles. The highest BCUT2D eigenvalue weighted by molar-refractivity contribution is 9.10. The second kappa shape index (κ2) is 11.5. The lowest BCUT2D eigenvalue weighted by Crippen LogP contribution is -2.48. The third-order valence-electron chi connectivity index (χ3n) is 3.77. The number of nitrogens with one attached hydrogen (secondary N) is 3. The summed E-state index contributed by atoms with van der Waals surface area (Å²) < 4.78 is 11.6. The molecule has 0 aromatic heterocycles. The van der Waals surface area contributed by atoms with E-state index in [1.807, 2.05) is 19.9 Å². The van der Waals surface area contributed by atoms with E-state index < -0.39 is 5.91 Å². The van der Waals surface area contributed by atoms with E-state index in [9.17, 15) is 9.59 Å². The Labute approximate surface area is 183 Å². The predicted molar refractivity (Wildman–Crippen MR) is 118 cm³/mol. The molecule has 2 aromatic rings. The van der Waals surface area contributed by atoms with Gasteiger partial charge in [-0.15, -0.1) is 0 Å². The number of benzene rings is 2. The van der Waals surface area contributed by atoms with E-state index in [0.29, 0.717) is 36.7 Å². The van der Waals surface area contributed by atoms with Crippen LogP contribution in [0.4, 0.5) is 0 Å². The first-order chi connectivity index (χ1) is 13.9. The minimum Gasteiger partial charge on any atom is -0.490 e. The quantitative estimate of drug-likeness (QED) is 0.321. The Kier molecular flexibility index (Phi) is 9.04. The lowest BCUT2D eigenvalue weighted by Gasteiger charge is -2.13. The van der Waals surface area contributed by atoms with Crippen molar-refractivity contribution in [2.75, 3.05) is 19.8 Å². The zero-order valence-electron chi connectivity index (χ0n) is 16.1. The van der Waals surface area contributed by atoms with Crippen molar-refractivity contribution in [2.45, 2.75) is 13.8 Å². The minimum atomic E-state index is -0.457. The van der Waals surface area contributed by atoms with Gasteiger partial charge in [0.2, 0.25) is 0 Å². The highest BCUT2D eigenvalue weighted by Gasteiger charge is 2.14. The second-order valence-electron chi connectivity index (χ2n) is 5.87. The van der Waals surface area contributed by atoms with Crippen molar-refractivity contribution in [1.82, 2.24) is 16.2 Å². The van der Waals surface area contributed by atoms with E-state index in [4.69, 9.17) is 21.7 Å². The third-order valence-corrected chi connectivity index (χ3v) is 4.83. The van der Waals surface area contributed by atoms with Crippen LogP contribution in [-0.4, -0.2) is 36.7 Å². The van der Waals surface area contributed by atoms with Crippen LogP contribution in [0, 0.1) is 6.92 Å². The summed E-state index contributed by atoms with van der Waals surface area (Å²) in [7, 11) is 0. The summed E-state index contributed by atoms with van der Waals surface area (Å²) in [6, 6.07) is 12.0. The molecule has 2 rings (SSSR count). The number of hydrazine groups is 1. The van der Waals surface area contributed by atoms with Crippen LogP contribution >= 0.6 is 28.1 Å². The average Bonchev–Trinajstić information content (AvgIpc) is 2.71. The van der Waals surface area contributed by atoms with Gasteiger partial charge in [0.25, 0.3) is 11.8 Å². The van der Waals surface area contributed by atoms with Crippen LogP contribution in [0.15, 0.2) is 46.9 Å². The number of hydrogen-bond acceptors (Lipinski definition) is 5. The van der Waals surface area contributed by atoms with Crippen molar-refractivity contribution in [1.29, 1.82) is 0 Å². The van der Waals surface area contributed by atoms with Gasteiger partial charge in [0.05, 0.1) is 12.2 Å². The van der Waals surface area contributed by atoms with Crippen molar-refractivity contribution in [2.24, 2.45) is 0 Å². The Morgan fingerprint density at radius 3 is 2.55 bits per heavy atom. The predicted octanol–water partition coefficient (Wildman–Crippen LogP) is 3.12. The van der Waals surface area contributed by atoms with Gasteiger partial charge in [-0.25, -0.2) is 0 Å². The topological polar surface area (TPSA) is 88.7 Å². The first kappa shape index (κ1) is 22.8. The molecular formula is C20H22BrN3O4S. The van der Waals surface area contributed by atoms with Crippen molar-refractivity contribution in [3.63, 3.8) is 0 Å². The number of para-hydroxylation sites is 1. The van der Waals surface area contributed by atoms with Crippen molar-refractivity contribution in [3.8, 4) is 5.75 Å². The fourth-order valence-corrected chi connectivity index (χ4v) is 2.78. The summed E-state index contributed by atoms with van der Waals surface area (Å²) in [4.78, 5) is 24.7. The first-order valence-electron chi connectivity index (χ1n) is 8.89. The van der Waals surface area contributed by atoms with E-state index in [2.05, 4.69) is 32.1 Å². The van der Waals surface area contributed by atoms with Gasteiger partial charge in [0.1, 0.15) is 12.4 Å². The van der Waals surface area contributed by atoms with Gasteiger partial charge >= 0.3 is 0 Å². The Bertz CT molecular complexity index is 892. The number of amides is 2. The summed E-state index contributed by atoms with van der Waals surface area (Å²) in [6.45, 7) is 5.16. The summed E-state index contributed by atoms with van der Waals surface area (Å²) in [5.41, 5.74) is 6.75. The van der Waals surface area contributed by atoms with Crippen molar-refractivity contribution in [3.05, 3.63) is 63.6 Å². The third kappa shape index (κ3) is 7.12. The highest BCUT2D eigenvalue weighted by Crippen LogP contribution is 2.18. The molecular weight excluding hydrogens is 458 g/mol. The molecule has 0 saturated heterocycles. The largest absolute Gasteiger partial charge is 0.490 e. The van der Waals surface area contributed by atoms with Crippen LogP contribution in [0.1, 0.15) is 33.2 Å². The van der Waals surface area contributed by atoms with Gasteiger partial charge in [-0.2, -0.15) is 0 Å². The molecule has 9 heteroatoms. The Balaban J connectivity index is 1.89. The summed E-state index contributed by atoms with van der Waals surface area (Å²) in [6.07, 6.45) is 0. The van der Waals surface area contributed by atoms with E-state index >= 15 is 0 Å². The van der Waals surface area contributed by atoms with Gasteiger partial charge in [0, 0.05) is 16.6 Å². The molecule has 0 atom stereocenters. The molecule has 0 fully saturated rings. The van der Waals surface area contributed by atoms with E-state index in [1.54, 1.807) is 36.4 Å². The second-order valence-corrected chi connectivity index (χ2v) is 7.13. The number of hydrogen-bond donors (Lipinski definition) is 3. The molecule has 0 aliphatic carbocycles. The zero-order valence-corrected chi connectivity index (χ0v) is 18.5. The number of rotatable bonds is 7. The molecule has 0 spiro atoms. The molecule has 0 radical (unpaired) electrons. The molecule has 0 bridgehead atoms. The summed E-state index contributed by atoms with van der Waals surface area (Å²) >= 11 is 8.47. The molecule has 29 heavy (non-hydrogen) atoms. The van der Waals surface area contributed by atoms with E-state index in [-0.39, 0.29) is 11.0 Å². The van der Waals surface area contributed by atoms with E-state index in [1.165, 1.54) is 0 Å². The SMILES string of the molecule is CCOCCOc1ccccc1C(=O)NC(=S)NNC(=O)c1ccc(C)c(Br)c1. The Hall–Kier alpha value is -2.49. The van der Waals surface area contributed by atoms with Gasteiger partial charge < -0.3 is 9.47 Å². The molecule has 2 aromatic carbocycles. The molecule has 0 saturated carbocycles. The van der Waals surface area contributed by atoms with Gasteiger partial charge in [-0.05, 0) is 55.9 Å². The molecule has 2 amide bonds. The summed E-state index contributed by atoms with van der Waals surface area (Å²) in [5.74, 6) is -0.426. The molecule has 0 unspecified atom stereocenters. The Morgan fingerprint density at radius 2 is 1.83 bits per heavy atom. The monoisotopic (exact) mass is 479 g/mol. The van der Waals surface area contributed by atoms with Crippen LogP contribution in [-0.2, 0) is 4.74 Å². The lowest BCUT2D eigenvalue weighted by molar-refractivity contribution is 0.0930. The standard InChI is InChI=1S/C20H22BrN3O4S/c1-3-27-10-11-28-17-7-5-4-6-15(17)19(26)22-20(29)24-23-18(25)14-9-8-13(2)16(21)12-14/h4-9,12H,3,10-11H2,1-2H3,(H,23,25)(H2,22,24,26,29). The van der Waals surface area contributed by atoms with E-state index in [0.717, 1.165) is 10.0 Å². The number of thiocarbonyl (C=S) groups is 1. The van der Waals surface area contributed by atoms with Gasteiger partial charge in [0.15, 0.2) is 5.11 Å². The number of ether oxygens (including phenoxy) is 2. The summed E-state index contributed by atoms with van der Waals surface area (Å²) in [5, 5.41) is 2.47. The van der Waals surface area contributed by atoms with Crippen LogP contribution in [0.25, 0.3) is 0 Å². The van der Waals surface area contributed by atoms with Crippen LogP contribution < -0.4 is 20.9 Å². The smallest absolute Gasteiger partial charge is 0.269 e. The molecule has 3 N–H and O–H groups in total. The first-order valence-corrected chi connectivity index (χ1v) is 10.1. The fraction of sp³-hybridized carbons (Fsp3) is 0.250. The van der Waals surface area contributed by atoms with Gasteiger partial charge in [-0.3, -0.25) is 25.8 Å². The zero-order chi connectivity index (χ0) is 21.2. The van der Waals surface area contributed by atoms with Crippen LogP contribution in [0.5, 0.6) is 5.75 Å². The Morgan fingerprint density at radius 1 is 1.07 bits per heavy atom. The maximum Gasteiger partial charge on any atom is 0.269 e. The number of carbonyl (C=O) groups is 2. The number of aryl methyl sites for hydroxylation is 1. The maximum absolute atomic E-state index is 12.5. The van der Waals surface area contributed by atoms with Crippen LogP contribution in [0.3, 0.4) is 0 Å². The van der Waals surface area contributed by atoms with Crippen molar-refractivity contribution >= 4 is 45.1 Å². The molecule has 154 valence electrons. The fourth-order valence-electron chi connectivity index (χ4n) is 2.26. The van der Waals surface area contributed by atoms with Crippen LogP contribution in [0.2, 0.25) is 0 Å². The minimum absolute atomic E-state index is 0.0429. The molecule has 0 aliphatic rings. The molecule has 0 aliphatic heterocycles.